The maximum Gasteiger partial charge on any atom is 0.215 e. The number of ether oxygens (including phenoxy) is 1. The van der Waals surface area contributed by atoms with Crippen molar-refractivity contribution in [2.45, 2.75) is 56.4 Å². The Balaban J connectivity index is 1.49. The number of aliphatic hydroxyl groups excluding tert-OH is 1. The predicted octanol–water partition coefficient (Wildman–Crippen LogP) is 1.31. The molecule has 21 heavy (non-hydrogen) atoms. The molecule has 0 amide bonds. The molecule has 2 atom stereocenters. The third kappa shape index (κ3) is 2.72. The second-order valence-corrected chi connectivity index (χ2v) is 6.56. The van der Waals surface area contributed by atoms with Gasteiger partial charge in [-0.1, -0.05) is 0 Å². The summed E-state index contributed by atoms with van der Waals surface area (Å²) in [6.45, 7) is 2.16. The van der Waals surface area contributed by atoms with E-state index in [4.69, 9.17) is 4.74 Å². The summed E-state index contributed by atoms with van der Waals surface area (Å²) in [5.74, 6) is 0.692. The lowest BCUT2D eigenvalue weighted by Crippen LogP contribution is -2.54. The number of hydrogen-bond donors (Lipinski definition) is 2. The molecule has 4 aliphatic rings. The molecule has 0 aromatic carbocycles. The number of anilines is 1. The predicted molar refractivity (Wildman–Crippen MR) is 80.7 cm³/mol. The molecule has 4 fully saturated rings. The van der Waals surface area contributed by atoms with Gasteiger partial charge in [0.25, 0.3) is 0 Å². The maximum absolute atomic E-state index is 9.34. The van der Waals surface area contributed by atoms with Crippen molar-refractivity contribution in [3.8, 4) is 5.88 Å². The number of rotatable bonds is 3. The average molecular weight is 289 g/mol. The van der Waals surface area contributed by atoms with Crippen molar-refractivity contribution in [2.75, 3.05) is 18.0 Å². The Morgan fingerprint density at radius 3 is 3.10 bits per heavy atom. The highest BCUT2D eigenvalue weighted by Gasteiger charge is 2.32. The van der Waals surface area contributed by atoms with E-state index in [0.717, 1.165) is 25.9 Å². The van der Waals surface area contributed by atoms with Crippen LogP contribution in [0, 0.1) is 0 Å². The largest absolute Gasteiger partial charge is 0.474 e. The molecule has 4 heterocycles. The van der Waals surface area contributed by atoms with Crippen molar-refractivity contribution in [3.63, 3.8) is 0 Å². The zero-order valence-corrected chi connectivity index (χ0v) is 12.2. The Kier molecular flexibility index (Phi) is 3.47. The average Bonchev–Trinajstić information content (AvgIpc) is 2.81. The summed E-state index contributed by atoms with van der Waals surface area (Å²) in [4.78, 5) is 6.83. The number of hydrogen-bond acceptors (Lipinski definition) is 5. The molecule has 2 N–H and O–H groups in total. The van der Waals surface area contributed by atoms with Crippen LogP contribution in [0.3, 0.4) is 0 Å². The van der Waals surface area contributed by atoms with Crippen LogP contribution >= 0.6 is 0 Å². The Morgan fingerprint density at radius 1 is 1.33 bits per heavy atom. The SMILES string of the molecule is OC1CC(Oc2cc(N3CC4CCCC3CN4)ccn2)C1. The van der Waals surface area contributed by atoms with Crippen molar-refractivity contribution in [1.29, 1.82) is 0 Å². The molecule has 1 aliphatic carbocycles. The molecule has 2 bridgehead atoms. The molecule has 5 heteroatoms. The highest BCUT2D eigenvalue weighted by molar-refractivity contribution is 5.50. The number of piperazine rings is 1. The topological polar surface area (TPSA) is 57.6 Å². The van der Waals surface area contributed by atoms with Gasteiger partial charge in [-0.3, -0.25) is 0 Å². The molecular weight excluding hydrogens is 266 g/mol. The summed E-state index contributed by atoms with van der Waals surface area (Å²) in [6.07, 6.45) is 7.08. The fraction of sp³-hybridized carbons (Fsp3) is 0.688. The zero-order valence-electron chi connectivity index (χ0n) is 12.2. The lowest BCUT2D eigenvalue weighted by Gasteiger charge is -2.39. The van der Waals surface area contributed by atoms with Crippen LogP contribution in [-0.4, -0.2) is 47.5 Å². The molecule has 1 aromatic heterocycles. The highest BCUT2D eigenvalue weighted by Crippen LogP contribution is 2.30. The van der Waals surface area contributed by atoms with Crippen LogP contribution in [0.5, 0.6) is 5.88 Å². The standard InChI is InChI=1S/C16H23N3O2/c20-14-7-15(8-14)21-16-6-12(4-5-17-16)19-10-11-2-1-3-13(19)9-18-11/h4-6,11,13-15,18,20H,1-3,7-10H2. The van der Waals surface area contributed by atoms with Crippen molar-refractivity contribution in [1.82, 2.24) is 10.3 Å². The molecule has 2 unspecified atom stereocenters. The van der Waals surface area contributed by atoms with Crippen LogP contribution in [0.4, 0.5) is 5.69 Å². The third-order valence-electron chi connectivity index (χ3n) is 5.00. The monoisotopic (exact) mass is 289 g/mol. The van der Waals surface area contributed by atoms with Crippen LogP contribution in [0.2, 0.25) is 0 Å². The number of nitrogens with zero attached hydrogens (tertiary/aromatic N) is 2. The van der Waals surface area contributed by atoms with Gasteiger partial charge in [0, 0.05) is 56.0 Å². The first-order chi connectivity index (χ1) is 10.3. The normalized spacial score (nSPS) is 35.2. The Bertz CT molecular complexity index is 500. The number of aromatic nitrogens is 1. The van der Waals surface area contributed by atoms with Gasteiger partial charge in [0.2, 0.25) is 5.88 Å². The summed E-state index contributed by atoms with van der Waals surface area (Å²) >= 11 is 0. The van der Waals surface area contributed by atoms with Crippen LogP contribution in [0.1, 0.15) is 32.1 Å². The van der Waals surface area contributed by atoms with E-state index in [2.05, 4.69) is 27.3 Å². The van der Waals surface area contributed by atoms with Crippen LogP contribution < -0.4 is 15.0 Å². The van der Waals surface area contributed by atoms with Gasteiger partial charge < -0.3 is 20.1 Å². The van der Waals surface area contributed by atoms with Gasteiger partial charge in [0.1, 0.15) is 6.10 Å². The number of nitrogens with one attached hydrogen (secondary N) is 1. The first-order valence-electron chi connectivity index (χ1n) is 8.09. The first kappa shape index (κ1) is 13.3. The van der Waals surface area contributed by atoms with E-state index < -0.39 is 0 Å². The minimum absolute atomic E-state index is 0.130. The van der Waals surface area contributed by atoms with E-state index in [1.807, 2.05) is 6.20 Å². The highest BCUT2D eigenvalue weighted by atomic mass is 16.5. The van der Waals surface area contributed by atoms with Gasteiger partial charge in [-0.25, -0.2) is 4.98 Å². The van der Waals surface area contributed by atoms with E-state index in [1.54, 1.807) is 0 Å². The van der Waals surface area contributed by atoms with E-state index >= 15 is 0 Å². The van der Waals surface area contributed by atoms with E-state index in [1.165, 1.54) is 24.9 Å². The quantitative estimate of drug-likeness (QED) is 0.879. The van der Waals surface area contributed by atoms with Gasteiger partial charge in [-0.05, 0) is 25.3 Å². The molecular formula is C16H23N3O2. The second-order valence-electron chi connectivity index (χ2n) is 6.56. The van der Waals surface area contributed by atoms with Gasteiger partial charge >= 0.3 is 0 Å². The molecule has 3 saturated heterocycles. The molecule has 3 aliphatic heterocycles. The van der Waals surface area contributed by atoms with Crippen LogP contribution in [0.25, 0.3) is 0 Å². The van der Waals surface area contributed by atoms with Gasteiger partial charge in [-0.15, -0.1) is 0 Å². The fourth-order valence-electron chi connectivity index (χ4n) is 3.68. The summed E-state index contributed by atoms with van der Waals surface area (Å²) in [7, 11) is 0. The first-order valence-corrected chi connectivity index (χ1v) is 8.09. The minimum atomic E-state index is -0.189. The second kappa shape index (κ2) is 5.46. The molecule has 0 spiro atoms. The smallest absolute Gasteiger partial charge is 0.215 e. The Morgan fingerprint density at radius 2 is 2.24 bits per heavy atom. The zero-order chi connectivity index (χ0) is 14.2. The number of aliphatic hydroxyl groups is 1. The van der Waals surface area contributed by atoms with Crippen molar-refractivity contribution < 1.29 is 9.84 Å². The van der Waals surface area contributed by atoms with Gasteiger partial charge in [-0.2, -0.15) is 0 Å². The lowest BCUT2D eigenvalue weighted by atomic mass is 9.92. The summed E-state index contributed by atoms with van der Waals surface area (Å²) in [5.41, 5.74) is 1.22. The minimum Gasteiger partial charge on any atom is -0.474 e. The molecule has 5 rings (SSSR count). The third-order valence-corrected chi connectivity index (χ3v) is 5.00. The van der Waals surface area contributed by atoms with Crippen molar-refractivity contribution in [3.05, 3.63) is 18.3 Å². The molecule has 1 saturated carbocycles. The van der Waals surface area contributed by atoms with E-state index in [0.29, 0.717) is 18.0 Å². The van der Waals surface area contributed by atoms with E-state index in [-0.39, 0.29) is 12.2 Å². The number of pyridine rings is 1. The molecule has 114 valence electrons. The van der Waals surface area contributed by atoms with Crippen molar-refractivity contribution in [2.24, 2.45) is 0 Å². The number of fused-ring (bicyclic) bond motifs is 4. The lowest BCUT2D eigenvalue weighted by molar-refractivity contribution is -0.0128. The maximum atomic E-state index is 9.34. The fourth-order valence-corrected chi connectivity index (χ4v) is 3.68. The van der Waals surface area contributed by atoms with Crippen LogP contribution in [-0.2, 0) is 0 Å². The van der Waals surface area contributed by atoms with Gasteiger partial charge in [0.05, 0.1) is 6.10 Å². The van der Waals surface area contributed by atoms with E-state index in [9.17, 15) is 5.11 Å². The summed E-state index contributed by atoms with van der Waals surface area (Å²) < 4.78 is 5.85. The Hall–Kier alpha value is -1.33. The van der Waals surface area contributed by atoms with Gasteiger partial charge in [0.15, 0.2) is 0 Å². The molecule has 1 aromatic rings. The summed E-state index contributed by atoms with van der Waals surface area (Å²) in [5, 5.41) is 13.0. The molecule has 0 radical (unpaired) electrons. The van der Waals surface area contributed by atoms with Crippen LogP contribution in [0.15, 0.2) is 18.3 Å². The Labute approximate surface area is 125 Å². The van der Waals surface area contributed by atoms with Crippen molar-refractivity contribution >= 4 is 5.69 Å². The molecule has 5 nitrogen and oxygen atoms in total. The summed E-state index contributed by atoms with van der Waals surface area (Å²) in [6, 6.07) is 5.35.